The number of nitrogens with one attached hydrogen (secondary N) is 1. The number of rotatable bonds is 6. The Labute approximate surface area is 116 Å². The van der Waals surface area contributed by atoms with Crippen LogP contribution in [0.5, 0.6) is 0 Å². The zero-order valence-corrected chi connectivity index (χ0v) is 12.3. The van der Waals surface area contributed by atoms with Gasteiger partial charge in [0.1, 0.15) is 10.3 Å². The van der Waals surface area contributed by atoms with Crippen LogP contribution < -0.4 is 5.32 Å². The molecule has 1 amide bonds. The lowest BCUT2D eigenvalue weighted by Gasteiger charge is -2.24. The van der Waals surface area contributed by atoms with Gasteiger partial charge in [-0.15, -0.1) is 0 Å². The van der Waals surface area contributed by atoms with Gasteiger partial charge in [0.05, 0.1) is 0 Å². The van der Waals surface area contributed by atoms with Gasteiger partial charge in [0.15, 0.2) is 0 Å². The lowest BCUT2D eigenvalue weighted by atomic mass is 9.88. The van der Waals surface area contributed by atoms with Gasteiger partial charge in [0.2, 0.25) is 0 Å². The van der Waals surface area contributed by atoms with Crippen molar-refractivity contribution in [2.45, 2.75) is 26.7 Å². The normalized spacial score (nSPS) is 11.3. The third kappa shape index (κ3) is 5.14. The zero-order chi connectivity index (χ0) is 13.6. The largest absolute Gasteiger partial charge is 0.396 e. The summed E-state index contributed by atoms with van der Waals surface area (Å²) in [5, 5.41) is 11.7. The van der Waals surface area contributed by atoms with E-state index in [4.69, 9.17) is 5.11 Å². The first-order chi connectivity index (χ1) is 8.44. The van der Waals surface area contributed by atoms with Gasteiger partial charge in [0, 0.05) is 13.2 Å². The maximum Gasteiger partial charge on any atom is 0.269 e. The van der Waals surface area contributed by atoms with Gasteiger partial charge in [-0.05, 0) is 46.3 Å². The highest BCUT2D eigenvalue weighted by Crippen LogP contribution is 2.20. The Balaban J connectivity index is 2.50. The molecule has 1 rings (SSSR count). The van der Waals surface area contributed by atoms with Crippen LogP contribution in [0, 0.1) is 5.41 Å². The van der Waals surface area contributed by atoms with E-state index in [2.05, 4.69) is 40.1 Å². The summed E-state index contributed by atoms with van der Waals surface area (Å²) >= 11 is 3.24. The molecule has 0 saturated heterocycles. The third-order valence-electron chi connectivity index (χ3n) is 2.69. The maximum atomic E-state index is 11.9. The molecule has 4 nitrogen and oxygen atoms in total. The lowest BCUT2D eigenvalue weighted by molar-refractivity contribution is 0.0928. The van der Waals surface area contributed by atoms with Crippen molar-refractivity contribution in [2.75, 3.05) is 13.2 Å². The average molecular weight is 315 g/mol. The highest BCUT2D eigenvalue weighted by Gasteiger charge is 2.19. The fourth-order valence-electron chi connectivity index (χ4n) is 1.59. The molecule has 0 aliphatic heterocycles. The van der Waals surface area contributed by atoms with Crippen LogP contribution in [0.3, 0.4) is 0 Å². The smallest absolute Gasteiger partial charge is 0.269 e. The van der Waals surface area contributed by atoms with E-state index in [9.17, 15) is 4.79 Å². The summed E-state index contributed by atoms with van der Waals surface area (Å²) in [7, 11) is 0. The minimum absolute atomic E-state index is 0.0234. The number of aliphatic hydroxyl groups is 1. The molecule has 0 atom stereocenters. The highest BCUT2D eigenvalue weighted by molar-refractivity contribution is 9.10. The van der Waals surface area contributed by atoms with Gasteiger partial charge in [-0.2, -0.15) is 0 Å². The Kier molecular flexibility index (Phi) is 5.75. The molecule has 0 radical (unpaired) electrons. The van der Waals surface area contributed by atoms with Crippen LogP contribution >= 0.6 is 15.9 Å². The predicted molar refractivity (Wildman–Crippen MR) is 74.4 cm³/mol. The molecule has 18 heavy (non-hydrogen) atoms. The number of pyridine rings is 1. The minimum atomic E-state index is -0.173. The molecule has 0 aliphatic carbocycles. The zero-order valence-electron chi connectivity index (χ0n) is 10.7. The lowest BCUT2D eigenvalue weighted by Crippen LogP contribution is -2.34. The summed E-state index contributed by atoms with van der Waals surface area (Å²) in [5.41, 5.74) is 0.382. The number of hydrogen-bond acceptors (Lipinski definition) is 3. The summed E-state index contributed by atoms with van der Waals surface area (Å²) in [4.78, 5) is 16.0. The van der Waals surface area contributed by atoms with Crippen molar-refractivity contribution < 1.29 is 9.90 Å². The van der Waals surface area contributed by atoms with Crippen molar-refractivity contribution >= 4 is 21.8 Å². The van der Waals surface area contributed by atoms with Crippen molar-refractivity contribution in [3.05, 3.63) is 28.5 Å². The number of aromatic nitrogens is 1. The van der Waals surface area contributed by atoms with Crippen molar-refractivity contribution in [1.82, 2.24) is 10.3 Å². The monoisotopic (exact) mass is 314 g/mol. The van der Waals surface area contributed by atoms with E-state index in [1.165, 1.54) is 0 Å². The molecule has 2 N–H and O–H groups in total. The molecule has 0 aliphatic rings. The molecule has 0 spiro atoms. The quantitative estimate of drug-likeness (QED) is 0.792. The van der Waals surface area contributed by atoms with Gasteiger partial charge in [-0.25, -0.2) is 4.98 Å². The van der Waals surface area contributed by atoms with E-state index < -0.39 is 0 Å². The Morgan fingerprint density at radius 3 is 2.83 bits per heavy atom. The average Bonchev–Trinajstić information content (AvgIpc) is 2.34. The van der Waals surface area contributed by atoms with Gasteiger partial charge in [-0.1, -0.05) is 19.9 Å². The first kappa shape index (κ1) is 15.1. The number of hydrogen-bond donors (Lipinski definition) is 2. The molecule has 0 fully saturated rings. The molecule has 1 heterocycles. The molecular formula is C13H19BrN2O2. The first-order valence-electron chi connectivity index (χ1n) is 5.96. The second kappa shape index (κ2) is 6.85. The summed E-state index contributed by atoms with van der Waals surface area (Å²) in [5.74, 6) is -0.173. The summed E-state index contributed by atoms with van der Waals surface area (Å²) in [6, 6.07) is 5.24. The Hall–Kier alpha value is -0.940. The second-order valence-electron chi connectivity index (χ2n) is 5.02. The van der Waals surface area contributed by atoms with Crippen LogP contribution in [0.2, 0.25) is 0 Å². The number of halogens is 1. The molecule has 5 heteroatoms. The van der Waals surface area contributed by atoms with E-state index in [-0.39, 0.29) is 17.9 Å². The molecule has 100 valence electrons. The summed E-state index contributed by atoms with van der Waals surface area (Å²) in [6.07, 6.45) is 1.62. The number of nitrogens with zero attached hydrogens (tertiary/aromatic N) is 1. The number of carbonyl (C=O) groups is 1. The fourth-order valence-corrected chi connectivity index (χ4v) is 1.93. The number of aliphatic hydroxyl groups excluding tert-OH is 1. The van der Waals surface area contributed by atoms with E-state index in [1.807, 2.05) is 0 Å². The molecule has 0 unspecified atom stereocenters. The molecule has 0 bridgehead atoms. The Bertz CT molecular complexity index is 408. The van der Waals surface area contributed by atoms with Gasteiger partial charge >= 0.3 is 0 Å². The van der Waals surface area contributed by atoms with Crippen LogP contribution in [0.15, 0.2) is 22.8 Å². The minimum Gasteiger partial charge on any atom is -0.396 e. The van der Waals surface area contributed by atoms with E-state index >= 15 is 0 Å². The molecule has 0 aromatic carbocycles. The van der Waals surface area contributed by atoms with Crippen LogP contribution in [-0.2, 0) is 0 Å². The van der Waals surface area contributed by atoms with E-state index in [0.717, 1.165) is 12.8 Å². The summed E-state index contributed by atoms with van der Waals surface area (Å²) < 4.78 is 0.648. The fraction of sp³-hybridized carbons (Fsp3) is 0.538. The van der Waals surface area contributed by atoms with Gasteiger partial charge in [-0.3, -0.25) is 4.79 Å². The number of carbonyl (C=O) groups excluding carboxylic acids is 1. The van der Waals surface area contributed by atoms with Gasteiger partial charge in [0.25, 0.3) is 5.91 Å². The number of amides is 1. The van der Waals surface area contributed by atoms with E-state index in [1.54, 1.807) is 18.2 Å². The van der Waals surface area contributed by atoms with Crippen molar-refractivity contribution in [3.63, 3.8) is 0 Å². The van der Waals surface area contributed by atoms with Crippen LogP contribution in [0.1, 0.15) is 37.2 Å². The van der Waals surface area contributed by atoms with Crippen molar-refractivity contribution in [2.24, 2.45) is 5.41 Å². The molecule has 1 aromatic heterocycles. The van der Waals surface area contributed by atoms with Crippen molar-refractivity contribution in [1.29, 1.82) is 0 Å². The highest BCUT2D eigenvalue weighted by atomic mass is 79.9. The van der Waals surface area contributed by atoms with Crippen LogP contribution in [0.4, 0.5) is 0 Å². The summed E-state index contributed by atoms with van der Waals surface area (Å²) in [6.45, 7) is 4.89. The SMILES string of the molecule is CC(C)(CCCO)CNC(=O)c1cccc(Br)n1. The van der Waals surface area contributed by atoms with Crippen LogP contribution in [0.25, 0.3) is 0 Å². The molecule has 1 aromatic rings. The second-order valence-corrected chi connectivity index (χ2v) is 5.83. The third-order valence-corrected chi connectivity index (χ3v) is 3.13. The van der Waals surface area contributed by atoms with Crippen molar-refractivity contribution in [3.8, 4) is 0 Å². The first-order valence-corrected chi connectivity index (χ1v) is 6.75. The maximum absolute atomic E-state index is 11.9. The Morgan fingerprint density at radius 2 is 2.22 bits per heavy atom. The molecule has 0 saturated carbocycles. The predicted octanol–water partition coefficient (Wildman–Crippen LogP) is 2.37. The van der Waals surface area contributed by atoms with Crippen LogP contribution in [-0.4, -0.2) is 29.1 Å². The standard InChI is InChI=1S/C13H19BrN2O2/c1-13(2,7-4-8-17)9-15-12(18)10-5-3-6-11(14)16-10/h3,5-6,17H,4,7-9H2,1-2H3,(H,15,18). The topological polar surface area (TPSA) is 62.2 Å². The van der Waals surface area contributed by atoms with Gasteiger partial charge < -0.3 is 10.4 Å². The molecular weight excluding hydrogens is 296 g/mol. The Morgan fingerprint density at radius 1 is 1.50 bits per heavy atom. The van der Waals surface area contributed by atoms with E-state index in [0.29, 0.717) is 16.8 Å².